The fourth-order valence-corrected chi connectivity index (χ4v) is 3.63. The summed E-state index contributed by atoms with van der Waals surface area (Å²) in [6.45, 7) is 1.93. The Morgan fingerprint density at radius 2 is 1.83 bits per heavy atom. The van der Waals surface area contributed by atoms with Gasteiger partial charge in [0.05, 0.1) is 16.5 Å². The predicted octanol–water partition coefficient (Wildman–Crippen LogP) is 3.51. The molecule has 0 spiro atoms. The number of nitrogens with two attached hydrogens (primary N) is 1. The van der Waals surface area contributed by atoms with Crippen molar-refractivity contribution >= 4 is 26.7 Å². The molecule has 2 heterocycles. The van der Waals surface area contributed by atoms with Gasteiger partial charge in [0.2, 0.25) is 10.0 Å². The number of pyridine rings is 1. The average molecular weight is 405 g/mol. The Kier molecular flexibility index (Phi) is 4.96. The number of aromatic nitrogens is 3. The Morgan fingerprint density at radius 1 is 1.00 bits per heavy atom. The number of nitrogens with zero attached hydrogens (tertiary/aromatic N) is 3. The summed E-state index contributed by atoms with van der Waals surface area (Å²) in [6, 6.07) is 17.8. The molecule has 0 amide bonds. The predicted molar refractivity (Wildman–Crippen MR) is 113 cm³/mol. The Balaban J connectivity index is 1.76. The van der Waals surface area contributed by atoms with Crippen LogP contribution in [0.4, 0.5) is 5.82 Å². The van der Waals surface area contributed by atoms with Gasteiger partial charge in [-0.15, -0.1) is 0 Å². The van der Waals surface area contributed by atoms with Crippen molar-refractivity contribution in [1.82, 2.24) is 15.0 Å². The molecule has 3 N–H and O–H groups in total. The first kappa shape index (κ1) is 19.0. The number of hydrogen-bond acceptors (Lipinski definition) is 6. The van der Waals surface area contributed by atoms with Crippen LogP contribution in [0.1, 0.15) is 18.5 Å². The zero-order valence-corrected chi connectivity index (χ0v) is 16.5. The highest BCUT2D eigenvalue weighted by atomic mass is 32.2. The van der Waals surface area contributed by atoms with E-state index < -0.39 is 10.0 Å². The van der Waals surface area contributed by atoms with Crippen LogP contribution >= 0.6 is 0 Å². The molecule has 2 aromatic heterocycles. The van der Waals surface area contributed by atoms with Crippen LogP contribution in [0.5, 0.6) is 0 Å². The molecule has 0 aliphatic carbocycles. The molecular formula is C21H19N5O2S. The molecule has 0 aliphatic rings. The molecule has 7 nitrogen and oxygen atoms in total. The van der Waals surface area contributed by atoms with Crippen LogP contribution in [0.2, 0.25) is 0 Å². The minimum Gasteiger partial charge on any atom is -0.363 e. The second-order valence-corrected chi connectivity index (χ2v) is 8.20. The van der Waals surface area contributed by atoms with Crippen LogP contribution in [-0.2, 0) is 10.0 Å². The lowest BCUT2D eigenvalue weighted by molar-refractivity contribution is 0.597. The third kappa shape index (κ3) is 4.08. The molecule has 0 radical (unpaired) electrons. The summed E-state index contributed by atoms with van der Waals surface area (Å²) in [5, 5.41) is 9.52. The van der Waals surface area contributed by atoms with Crippen molar-refractivity contribution in [2.24, 2.45) is 5.14 Å². The van der Waals surface area contributed by atoms with E-state index in [9.17, 15) is 8.42 Å². The van der Waals surface area contributed by atoms with Crippen molar-refractivity contribution in [2.45, 2.75) is 17.9 Å². The Labute approximate surface area is 168 Å². The lowest BCUT2D eigenvalue weighted by atomic mass is 10.1. The van der Waals surface area contributed by atoms with E-state index in [1.54, 1.807) is 24.5 Å². The van der Waals surface area contributed by atoms with E-state index in [0.29, 0.717) is 11.6 Å². The molecule has 4 aromatic rings. The monoisotopic (exact) mass is 405 g/mol. The van der Waals surface area contributed by atoms with Gasteiger partial charge in [-0.25, -0.2) is 23.5 Å². The van der Waals surface area contributed by atoms with Crippen molar-refractivity contribution < 1.29 is 8.42 Å². The van der Waals surface area contributed by atoms with Crippen LogP contribution in [0.25, 0.3) is 22.3 Å². The highest BCUT2D eigenvalue weighted by molar-refractivity contribution is 7.89. The lowest BCUT2D eigenvalue weighted by Crippen LogP contribution is -2.14. The maximum Gasteiger partial charge on any atom is 0.238 e. The molecule has 0 fully saturated rings. The third-order valence-electron chi connectivity index (χ3n) is 4.56. The number of sulfonamides is 1. The minimum atomic E-state index is -3.77. The molecule has 4 rings (SSSR count). The molecule has 29 heavy (non-hydrogen) atoms. The van der Waals surface area contributed by atoms with Crippen molar-refractivity contribution in [3.8, 4) is 11.4 Å². The maximum absolute atomic E-state index is 11.7. The Hall–Kier alpha value is -3.36. The minimum absolute atomic E-state index is 0.0762. The van der Waals surface area contributed by atoms with Gasteiger partial charge in [0, 0.05) is 23.3 Å². The van der Waals surface area contributed by atoms with E-state index in [2.05, 4.69) is 15.3 Å². The number of rotatable bonds is 5. The molecule has 0 bridgehead atoms. The van der Waals surface area contributed by atoms with Gasteiger partial charge in [-0.1, -0.05) is 24.3 Å². The van der Waals surface area contributed by atoms with Crippen molar-refractivity contribution in [3.63, 3.8) is 0 Å². The van der Waals surface area contributed by atoms with Gasteiger partial charge in [-0.3, -0.25) is 4.98 Å². The highest BCUT2D eigenvalue weighted by Crippen LogP contribution is 2.28. The van der Waals surface area contributed by atoms with Gasteiger partial charge < -0.3 is 5.32 Å². The van der Waals surface area contributed by atoms with Crippen LogP contribution < -0.4 is 10.5 Å². The van der Waals surface area contributed by atoms with Gasteiger partial charge in [-0.2, -0.15) is 0 Å². The maximum atomic E-state index is 11.7. The summed E-state index contributed by atoms with van der Waals surface area (Å²) in [6.07, 6.45) is 3.41. The summed E-state index contributed by atoms with van der Waals surface area (Å²) < 4.78 is 23.3. The fourth-order valence-electron chi connectivity index (χ4n) is 3.06. The molecule has 0 saturated carbocycles. The van der Waals surface area contributed by atoms with Crippen molar-refractivity contribution in [2.75, 3.05) is 5.32 Å². The number of para-hydroxylation sites is 1. The van der Waals surface area contributed by atoms with E-state index in [0.717, 1.165) is 22.0 Å². The van der Waals surface area contributed by atoms with Crippen LogP contribution in [0, 0.1) is 0 Å². The van der Waals surface area contributed by atoms with Gasteiger partial charge >= 0.3 is 0 Å². The zero-order chi connectivity index (χ0) is 20.4. The number of hydrogen-bond donors (Lipinski definition) is 2. The molecule has 0 saturated heterocycles. The molecule has 1 atom stereocenters. The first-order valence-electron chi connectivity index (χ1n) is 8.98. The van der Waals surface area contributed by atoms with E-state index in [1.165, 1.54) is 6.07 Å². The van der Waals surface area contributed by atoms with Crippen LogP contribution in [0.3, 0.4) is 0 Å². The normalized spacial score (nSPS) is 12.6. The molecule has 146 valence electrons. The summed E-state index contributed by atoms with van der Waals surface area (Å²) in [4.78, 5) is 13.6. The van der Waals surface area contributed by atoms with Crippen LogP contribution in [0.15, 0.2) is 78.0 Å². The van der Waals surface area contributed by atoms with Gasteiger partial charge in [0.15, 0.2) is 5.82 Å². The van der Waals surface area contributed by atoms with Gasteiger partial charge in [0.25, 0.3) is 0 Å². The van der Waals surface area contributed by atoms with Crippen molar-refractivity contribution in [1.29, 1.82) is 0 Å². The molecule has 8 heteroatoms. The zero-order valence-electron chi connectivity index (χ0n) is 15.6. The van der Waals surface area contributed by atoms with Gasteiger partial charge in [-0.05, 0) is 48.9 Å². The third-order valence-corrected chi connectivity index (χ3v) is 5.47. The quantitative estimate of drug-likeness (QED) is 0.526. The van der Waals surface area contributed by atoms with E-state index in [1.807, 2.05) is 49.4 Å². The number of anilines is 1. The van der Waals surface area contributed by atoms with E-state index in [4.69, 9.17) is 10.1 Å². The molecular weight excluding hydrogens is 386 g/mol. The fraction of sp³-hybridized carbons (Fsp3) is 0.0952. The topological polar surface area (TPSA) is 111 Å². The summed E-state index contributed by atoms with van der Waals surface area (Å²) >= 11 is 0. The Morgan fingerprint density at radius 3 is 2.59 bits per heavy atom. The number of fused-ring (bicyclic) bond motifs is 1. The summed E-state index contributed by atoms with van der Waals surface area (Å²) in [5.74, 6) is 1.22. The average Bonchev–Trinajstić information content (AvgIpc) is 2.74. The summed E-state index contributed by atoms with van der Waals surface area (Å²) in [5.41, 5.74) is 2.39. The standard InChI is InChI=1S/C21H19N5O2S/c1-14(15-6-4-8-17(12-15)29(22,27)28)24-21-18-9-2-3-10-19(18)25-20(26-21)16-7-5-11-23-13-16/h2-14H,1H3,(H2,22,27,28)(H,24,25,26). The highest BCUT2D eigenvalue weighted by Gasteiger charge is 2.15. The largest absolute Gasteiger partial charge is 0.363 e. The smallest absolute Gasteiger partial charge is 0.238 e. The van der Waals surface area contributed by atoms with Crippen LogP contribution in [-0.4, -0.2) is 23.4 Å². The van der Waals surface area contributed by atoms with Gasteiger partial charge in [0.1, 0.15) is 5.82 Å². The molecule has 2 aromatic carbocycles. The lowest BCUT2D eigenvalue weighted by Gasteiger charge is -2.18. The van der Waals surface area contributed by atoms with E-state index >= 15 is 0 Å². The number of benzene rings is 2. The van der Waals surface area contributed by atoms with Crippen molar-refractivity contribution in [3.05, 3.63) is 78.6 Å². The number of nitrogens with one attached hydrogen (secondary N) is 1. The van der Waals surface area contributed by atoms with E-state index in [-0.39, 0.29) is 10.9 Å². The second-order valence-electron chi connectivity index (χ2n) is 6.64. The first-order chi connectivity index (χ1) is 13.9. The Bertz CT molecular complexity index is 1280. The first-order valence-corrected chi connectivity index (χ1v) is 10.5. The SMILES string of the molecule is CC(Nc1nc(-c2cccnc2)nc2ccccc12)c1cccc(S(N)(=O)=O)c1. The molecule has 0 aliphatic heterocycles. The summed E-state index contributed by atoms with van der Waals surface area (Å²) in [7, 11) is -3.77. The number of primary sulfonamides is 1. The second kappa shape index (κ2) is 7.57. The molecule has 1 unspecified atom stereocenters.